The van der Waals surface area contributed by atoms with Crippen molar-refractivity contribution in [1.29, 1.82) is 0 Å². The molecule has 0 heterocycles. The fourth-order valence-corrected chi connectivity index (χ4v) is 2.07. The first-order chi connectivity index (χ1) is 8.65. The van der Waals surface area contributed by atoms with E-state index < -0.39 is 5.82 Å². The summed E-state index contributed by atoms with van der Waals surface area (Å²) in [5.74, 6) is -0.197. The first-order valence-electron chi connectivity index (χ1n) is 5.94. The maximum absolute atomic E-state index is 13.5. The van der Waals surface area contributed by atoms with Crippen LogP contribution in [-0.4, -0.2) is 18.3 Å². The molecule has 0 unspecified atom stereocenters. The molecule has 0 aliphatic carbocycles. The summed E-state index contributed by atoms with van der Waals surface area (Å²) >= 11 is 8.71. The van der Waals surface area contributed by atoms with Crippen LogP contribution < -0.4 is 5.32 Å². The summed E-state index contributed by atoms with van der Waals surface area (Å²) in [4.78, 5) is 11.7. The average molecular weight is 337 g/mol. The topological polar surface area (TPSA) is 29.1 Å². The molecule has 100 valence electrons. The lowest BCUT2D eigenvalue weighted by Gasteiger charge is -2.06. The van der Waals surface area contributed by atoms with Gasteiger partial charge >= 0.3 is 0 Å². The Morgan fingerprint density at radius 3 is 2.67 bits per heavy atom. The molecule has 0 saturated carbocycles. The predicted molar refractivity (Wildman–Crippen MR) is 75.6 cm³/mol. The van der Waals surface area contributed by atoms with Crippen molar-refractivity contribution < 1.29 is 9.18 Å². The zero-order valence-corrected chi connectivity index (χ0v) is 12.4. The maximum Gasteiger partial charge on any atom is 0.254 e. The number of hydrogen-bond donors (Lipinski definition) is 1. The number of rotatable bonds is 7. The summed E-state index contributed by atoms with van der Waals surface area (Å²) in [7, 11) is 0. The number of carbonyl (C=O) groups is 1. The minimum atomic E-state index is -0.510. The number of carbonyl (C=O) groups excluding carboxylic acids is 1. The molecule has 1 amide bonds. The summed E-state index contributed by atoms with van der Waals surface area (Å²) < 4.78 is 14.1. The average Bonchev–Trinajstić information content (AvgIpc) is 2.33. The van der Waals surface area contributed by atoms with Gasteiger partial charge in [-0.3, -0.25) is 4.79 Å². The lowest BCUT2D eigenvalue weighted by Crippen LogP contribution is -2.25. The third-order valence-electron chi connectivity index (χ3n) is 2.52. The van der Waals surface area contributed by atoms with Gasteiger partial charge in [-0.15, -0.1) is 11.6 Å². The second kappa shape index (κ2) is 8.48. The molecule has 0 atom stereocenters. The third-order valence-corrected chi connectivity index (χ3v) is 3.28. The minimum Gasteiger partial charge on any atom is -0.352 e. The molecule has 0 aliphatic heterocycles. The number of nitrogens with one attached hydrogen (secondary N) is 1. The molecule has 0 radical (unpaired) electrons. The summed E-state index contributed by atoms with van der Waals surface area (Å²) in [5, 5.41) is 2.71. The van der Waals surface area contributed by atoms with Crippen LogP contribution in [0, 0.1) is 5.82 Å². The predicted octanol–water partition coefficient (Wildman–Crippen LogP) is 4.12. The fraction of sp³-hybridized carbons (Fsp3) is 0.462. The van der Waals surface area contributed by atoms with E-state index in [-0.39, 0.29) is 11.5 Å². The molecule has 1 aromatic rings. The van der Waals surface area contributed by atoms with E-state index in [4.69, 9.17) is 11.6 Å². The third kappa shape index (κ3) is 5.36. The van der Waals surface area contributed by atoms with E-state index in [1.807, 2.05) is 0 Å². The lowest BCUT2D eigenvalue weighted by atomic mass is 10.2. The summed E-state index contributed by atoms with van der Waals surface area (Å²) in [6.45, 7) is 0.566. The Labute approximate surface area is 120 Å². The number of benzene rings is 1. The highest BCUT2D eigenvalue weighted by molar-refractivity contribution is 9.10. The quantitative estimate of drug-likeness (QED) is 0.589. The van der Waals surface area contributed by atoms with Crippen molar-refractivity contribution in [3.63, 3.8) is 0 Å². The van der Waals surface area contributed by atoms with Crippen LogP contribution in [0.5, 0.6) is 0 Å². The standard InChI is InChI=1S/C13H16BrClFNO/c14-10-5-6-11(12(16)9-10)13(18)17-8-4-2-1-3-7-15/h5-6,9H,1-4,7-8H2,(H,17,18). The van der Waals surface area contributed by atoms with Gasteiger partial charge in [-0.1, -0.05) is 28.8 Å². The van der Waals surface area contributed by atoms with Crippen molar-refractivity contribution in [1.82, 2.24) is 5.32 Å². The largest absolute Gasteiger partial charge is 0.352 e. The van der Waals surface area contributed by atoms with E-state index >= 15 is 0 Å². The zero-order chi connectivity index (χ0) is 13.4. The van der Waals surface area contributed by atoms with Crippen LogP contribution in [0.25, 0.3) is 0 Å². The molecular formula is C13H16BrClFNO. The van der Waals surface area contributed by atoms with Crippen molar-refractivity contribution in [2.75, 3.05) is 12.4 Å². The molecule has 0 aromatic heterocycles. The molecule has 0 bridgehead atoms. The second-order valence-corrected chi connectivity index (χ2v) is 5.28. The molecule has 0 aliphatic rings. The van der Waals surface area contributed by atoms with Gasteiger partial charge in [0.15, 0.2) is 0 Å². The highest BCUT2D eigenvalue weighted by atomic mass is 79.9. The highest BCUT2D eigenvalue weighted by Gasteiger charge is 2.10. The van der Waals surface area contributed by atoms with Crippen molar-refractivity contribution in [3.8, 4) is 0 Å². The van der Waals surface area contributed by atoms with E-state index in [1.165, 1.54) is 12.1 Å². The number of amides is 1. The first-order valence-corrected chi connectivity index (χ1v) is 7.27. The SMILES string of the molecule is O=C(NCCCCCCCl)c1ccc(Br)cc1F. The molecular weight excluding hydrogens is 321 g/mol. The smallest absolute Gasteiger partial charge is 0.254 e. The summed E-state index contributed by atoms with van der Waals surface area (Å²) in [6.07, 6.45) is 3.97. The van der Waals surface area contributed by atoms with Gasteiger partial charge in [-0.05, 0) is 31.0 Å². The lowest BCUT2D eigenvalue weighted by molar-refractivity contribution is 0.0949. The number of hydrogen-bond acceptors (Lipinski definition) is 1. The molecule has 0 fully saturated rings. The molecule has 1 rings (SSSR count). The molecule has 1 N–H and O–H groups in total. The van der Waals surface area contributed by atoms with Gasteiger partial charge in [-0.25, -0.2) is 4.39 Å². The van der Waals surface area contributed by atoms with Crippen molar-refractivity contribution >= 4 is 33.4 Å². The van der Waals surface area contributed by atoms with Gasteiger partial charge in [0, 0.05) is 16.9 Å². The Bertz CT molecular complexity index is 401. The minimum absolute atomic E-state index is 0.0824. The van der Waals surface area contributed by atoms with Crippen LogP contribution in [0.15, 0.2) is 22.7 Å². The Balaban J connectivity index is 2.32. The van der Waals surface area contributed by atoms with Gasteiger partial charge in [0.2, 0.25) is 0 Å². The summed E-state index contributed by atoms with van der Waals surface area (Å²) in [6, 6.07) is 4.41. The van der Waals surface area contributed by atoms with Gasteiger partial charge in [-0.2, -0.15) is 0 Å². The number of unbranched alkanes of at least 4 members (excludes halogenated alkanes) is 3. The van der Waals surface area contributed by atoms with E-state index in [0.29, 0.717) is 16.9 Å². The molecule has 0 spiro atoms. The Morgan fingerprint density at radius 2 is 2.00 bits per heavy atom. The van der Waals surface area contributed by atoms with E-state index in [0.717, 1.165) is 25.7 Å². The first kappa shape index (κ1) is 15.4. The van der Waals surface area contributed by atoms with Crippen LogP contribution >= 0.6 is 27.5 Å². The van der Waals surface area contributed by atoms with Crippen molar-refractivity contribution in [2.24, 2.45) is 0 Å². The Hall–Kier alpha value is -0.610. The number of halogens is 3. The molecule has 18 heavy (non-hydrogen) atoms. The normalized spacial score (nSPS) is 10.4. The van der Waals surface area contributed by atoms with Gasteiger partial charge in [0.05, 0.1) is 5.56 Å². The maximum atomic E-state index is 13.5. The van der Waals surface area contributed by atoms with Gasteiger partial charge < -0.3 is 5.32 Å². The van der Waals surface area contributed by atoms with Crippen LogP contribution in [-0.2, 0) is 0 Å². The summed E-state index contributed by atoms with van der Waals surface area (Å²) in [5.41, 5.74) is 0.0824. The molecule has 2 nitrogen and oxygen atoms in total. The molecule has 0 saturated heterocycles. The van der Waals surface area contributed by atoms with E-state index in [1.54, 1.807) is 6.07 Å². The monoisotopic (exact) mass is 335 g/mol. The van der Waals surface area contributed by atoms with E-state index in [9.17, 15) is 9.18 Å². The van der Waals surface area contributed by atoms with Gasteiger partial charge in [0.25, 0.3) is 5.91 Å². The van der Waals surface area contributed by atoms with Crippen LogP contribution in [0.4, 0.5) is 4.39 Å². The molecule has 5 heteroatoms. The molecule has 1 aromatic carbocycles. The fourth-order valence-electron chi connectivity index (χ4n) is 1.54. The van der Waals surface area contributed by atoms with Crippen molar-refractivity contribution in [3.05, 3.63) is 34.1 Å². The second-order valence-electron chi connectivity index (χ2n) is 3.98. The Kier molecular flexibility index (Phi) is 7.28. The van der Waals surface area contributed by atoms with Crippen LogP contribution in [0.3, 0.4) is 0 Å². The Morgan fingerprint density at radius 1 is 1.28 bits per heavy atom. The van der Waals surface area contributed by atoms with E-state index in [2.05, 4.69) is 21.2 Å². The number of alkyl halides is 1. The van der Waals surface area contributed by atoms with Crippen LogP contribution in [0.1, 0.15) is 36.0 Å². The zero-order valence-electron chi connectivity index (χ0n) is 10.0. The highest BCUT2D eigenvalue weighted by Crippen LogP contribution is 2.15. The van der Waals surface area contributed by atoms with Crippen molar-refractivity contribution in [2.45, 2.75) is 25.7 Å². The van der Waals surface area contributed by atoms with Gasteiger partial charge in [0.1, 0.15) is 5.82 Å². The van der Waals surface area contributed by atoms with Crippen LogP contribution in [0.2, 0.25) is 0 Å².